The van der Waals surface area contributed by atoms with Crippen LogP contribution in [0.15, 0.2) is 48.5 Å². The Labute approximate surface area is 351 Å². The highest BCUT2D eigenvalue weighted by Gasteiger charge is 2.29. The molecule has 0 spiro atoms. The van der Waals surface area contributed by atoms with Crippen LogP contribution in [0, 0.1) is 40.5 Å². The summed E-state index contributed by atoms with van der Waals surface area (Å²) in [6.45, 7) is 8.03. The van der Waals surface area contributed by atoms with E-state index in [1.54, 1.807) is 6.92 Å². The van der Waals surface area contributed by atoms with Crippen LogP contribution in [-0.4, -0.2) is 58.7 Å². The molecule has 4 aromatic rings. The highest BCUT2D eigenvalue weighted by molar-refractivity contribution is 5.69. The fourth-order valence-electron chi connectivity index (χ4n) is 7.21. The zero-order valence-corrected chi connectivity index (χ0v) is 34.5. The number of nitro groups is 4. The van der Waals surface area contributed by atoms with Gasteiger partial charge in [0.15, 0.2) is 0 Å². The van der Waals surface area contributed by atoms with Crippen molar-refractivity contribution in [3.8, 4) is 23.0 Å². The van der Waals surface area contributed by atoms with Crippen LogP contribution in [0.5, 0.6) is 23.0 Å². The molecule has 324 valence electrons. The van der Waals surface area contributed by atoms with Gasteiger partial charge < -0.3 is 23.7 Å². The minimum absolute atomic E-state index is 0.0141. The fourth-order valence-corrected chi connectivity index (χ4v) is 7.21. The summed E-state index contributed by atoms with van der Waals surface area (Å²) in [5, 5.41) is 50.1. The van der Waals surface area contributed by atoms with Gasteiger partial charge in [-0.05, 0) is 32.6 Å². The maximum Gasteiger partial charge on any atom is 0.305 e. The number of nitrogens with zero attached hydrogens (tertiary/aromatic N) is 4. The first-order valence-corrected chi connectivity index (χ1v) is 20.2. The Morgan fingerprint density at radius 3 is 0.918 bits per heavy atom. The molecule has 0 aromatic heterocycles. The van der Waals surface area contributed by atoms with Crippen LogP contribution in [0.3, 0.4) is 0 Å². The Hall–Kier alpha value is -6.85. The van der Waals surface area contributed by atoms with Crippen molar-refractivity contribution >= 4 is 28.7 Å². The number of hydrogen-bond donors (Lipinski definition) is 0. The van der Waals surface area contributed by atoms with Crippen LogP contribution >= 0.6 is 0 Å². The van der Waals surface area contributed by atoms with Crippen LogP contribution in [0.2, 0.25) is 0 Å². The van der Waals surface area contributed by atoms with E-state index in [-0.39, 0.29) is 140 Å². The Morgan fingerprint density at radius 1 is 0.459 bits per heavy atom. The third-order valence-electron chi connectivity index (χ3n) is 9.71. The molecule has 0 fully saturated rings. The van der Waals surface area contributed by atoms with Crippen molar-refractivity contribution in [1.29, 1.82) is 0 Å². The molecule has 1 aliphatic carbocycles. The molecular weight excluding hydrogens is 796 g/mol. The predicted octanol–water partition coefficient (Wildman–Crippen LogP) is 9.08. The molecule has 0 saturated carbocycles. The van der Waals surface area contributed by atoms with Gasteiger partial charge in [-0.1, -0.05) is 20.8 Å². The molecule has 61 heavy (non-hydrogen) atoms. The maximum absolute atomic E-state index is 12.6. The number of esters is 1. The van der Waals surface area contributed by atoms with Gasteiger partial charge in [0.05, 0.1) is 52.7 Å². The first-order chi connectivity index (χ1) is 29.3. The summed E-state index contributed by atoms with van der Waals surface area (Å²) in [7, 11) is 0. The number of non-ortho nitro benzene ring substituents is 4. The zero-order valence-electron chi connectivity index (χ0n) is 34.5. The second kappa shape index (κ2) is 20.9. The molecule has 0 radical (unpaired) electrons. The average molecular weight is 845 g/mol. The summed E-state index contributed by atoms with van der Waals surface area (Å²) in [5.41, 5.74) is 0.965. The van der Waals surface area contributed by atoms with Gasteiger partial charge in [-0.15, -0.1) is 0 Å². The van der Waals surface area contributed by atoms with Crippen molar-refractivity contribution in [2.24, 2.45) is 0 Å². The third-order valence-corrected chi connectivity index (χ3v) is 9.71. The van der Waals surface area contributed by atoms with Gasteiger partial charge in [0.25, 0.3) is 22.7 Å². The van der Waals surface area contributed by atoms with Crippen molar-refractivity contribution in [1.82, 2.24) is 0 Å². The number of hydrogen-bond acceptors (Lipinski definition) is 14. The number of carbonyl (C=O) groups is 1. The molecule has 0 amide bonds. The topological polar surface area (TPSA) is 236 Å². The van der Waals surface area contributed by atoms with Crippen molar-refractivity contribution in [3.63, 3.8) is 0 Å². The molecule has 0 saturated heterocycles. The lowest BCUT2D eigenvalue weighted by Crippen LogP contribution is -2.12. The Balaban J connectivity index is 1.91. The summed E-state index contributed by atoms with van der Waals surface area (Å²) < 4.78 is 30.4. The minimum Gasteiger partial charge on any atom is -0.493 e. The molecule has 0 atom stereocenters. The number of benzene rings is 4. The SMILES string of the molecule is CCCOc1c2cc([N+](=O)[O-])cc1Cc1cc([N+](=O)[O-])cc(c1OCCC)Cc1cc([N+](=O)[O-])cc(c1OCCCC(=O)OCC)Cc1cc([N+](=O)[O-])cc(c1OCCC)C2. The lowest BCUT2D eigenvalue weighted by Gasteiger charge is -2.22. The Morgan fingerprint density at radius 2 is 0.705 bits per heavy atom. The number of rotatable bonds is 19. The van der Waals surface area contributed by atoms with Crippen molar-refractivity contribution < 1.29 is 48.2 Å². The lowest BCUT2D eigenvalue weighted by molar-refractivity contribution is -0.385. The average Bonchev–Trinajstić information content (AvgIpc) is 3.21. The van der Waals surface area contributed by atoms with Gasteiger partial charge in [0.1, 0.15) is 23.0 Å². The predicted molar refractivity (Wildman–Crippen MR) is 222 cm³/mol. The number of nitro benzene ring substituents is 4. The van der Waals surface area contributed by atoms with E-state index < -0.39 is 25.7 Å². The summed E-state index contributed by atoms with van der Waals surface area (Å²) in [5.74, 6) is 0.473. The molecule has 8 bridgehead atoms. The Bertz CT molecular complexity index is 2190. The zero-order chi connectivity index (χ0) is 44.2. The quantitative estimate of drug-likeness (QED) is 0.0326. The van der Waals surface area contributed by atoms with E-state index >= 15 is 0 Å². The molecule has 1 aliphatic rings. The number of ether oxygens (including phenoxy) is 5. The first-order valence-electron chi connectivity index (χ1n) is 20.2. The lowest BCUT2D eigenvalue weighted by atomic mass is 9.90. The second-order valence-electron chi connectivity index (χ2n) is 14.4. The van der Waals surface area contributed by atoms with E-state index in [9.17, 15) is 45.3 Å². The van der Waals surface area contributed by atoms with Crippen molar-refractivity contribution in [2.45, 2.75) is 85.5 Å². The smallest absolute Gasteiger partial charge is 0.305 e. The third kappa shape index (κ3) is 11.3. The molecular formula is C43H48N4O14. The van der Waals surface area contributed by atoms with Gasteiger partial charge in [-0.3, -0.25) is 45.3 Å². The number of fused-ring (bicyclic) bond motifs is 8. The van der Waals surface area contributed by atoms with Crippen LogP contribution in [0.25, 0.3) is 0 Å². The largest absolute Gasteiger partial charge is 0.493 e. The van der Waals surface area contributed by atoms with Crippen LogP contribution in [0.1, 0.15) is 104 Å². The van der Waals surface area contributed by atoms with E-state index in [4.69, 9.17) is 23.7 Å². The summed E-state index contributed by atoms with van der Waals surface area (Å²) >= 11 is 0. The molecule has 18 nitrogen and oxygen atoms in total. The molecule has 0 unspecified atom stereocenters. The molecule has 4 aromatic carbocycles. The minimum atomic E-state index is -0.589. The second-order valence-corrected chi connectivity index (χ2v) is 14.4. The summed E-state index contributed by atoms with van der Waals surface area (Å²) in [6, 6.07) is 10.6. The molecule has 0 N–H and O–H groups in total. The molecule has 5 rings (SSSR count). The summed E-state index contributed by atoms with van der Waals surface area (Å²) in [6.07, 6.45) is 1.22. The maximum atomic E-state index is 12.6. The monoisotopic (exact) mass is 844 g/mol. The Kier molecular flexibility index (Phi) is 15.5. The highest BCUT2D eigenvalue weighted by atomic mass is 16.6. The first kappa shape index (κ1) is 45.2. The van der Waals surface area contributed by atoms with E-state index in [0.29, 0.717) is 41.5 Å². The molecule has 18 heteroatoms. The number of carbonyl (C=O) groups excluding carboxylic acids is 1. The standard InChI is InChI=1S/C43H48N4O14/c1-5-11-58-40-27-15-29-21-36(45(51)52)23-31(41(29)59-12-6-2)17-33-25-38(47(55)56)26-34(43(33)61-14-9-10-39(48)57-8-4)18-32-24-37(46(53)54)22-30(42(32)60-13-7-3)16-28(40)20-35(19-27)44(49)50/h19-26H,5-18H2,1-4H3. The molecule has 0 heterocycles. The van der Waals surface area contributed by atoms with E-state index in [2.05, 4.69) is 0 Å². The van der Waals surface area contributed by atoms with Gasteiger partial charge in [-0.25, -0.2) is 0 Å². The van der Waals surface area contributed by atoms with Gasteiger partial charge in [-0.2, -0.15) is 0 Å². The van der Waals surface area contributed by atoms with E-state index in [1.165, 1.54) is 48.5 Å². The highest BCUT2D eigenvalue weighted by Crippen LogP contribution is 2.43. The van der Waals surface area contributed by atoms with Crippen LogP contribution in [-0.2, 0) is 35.2 Å². The van der Waals surface area contributed by atoms with Gasteiger partial charge >= 0.3 is 5.97 Å². The molecule has 0 aliphatic heterocycles. The normalized spacial score (nSPS) is 11.9. The van der Waals surface area contributed by atoms with Crippen molar-refractivity contribution in [2.75, 3.05) is 33.0 Å². The van der Waals surface area contributed by atoms with E-state index in [1.807, 2.05) is 20.8 Å². The van der Waals surface area contributed by atoms with Gasteiger partial charge in [0, 0.05) is 125 Å². The fraction of sp³-hybridized carbons (Fsp3) is 0.419. The van der Waals surface area contributed by atoms with Crippen LogP contribution in [0.4, 0.5) is 22.7 Å². The van der Waals surface area contributed by atoms with E-state index in [0.717, 1.165) is 0 Å². The van der Waals surface area contributed by atoms with Gasteiger partial charge in [0.2, 0.25) is 0 Å². The summed E-state index contributed by atoms with van der Waals surface area (Å²) in [4.78, 5) is 60.0. The van der Waals surface area contributed by atoms with Crippen molar-refractivity contribution in [3.05, 3.63) is 133 Å². The van der Waals surface area contributed by atoms with Crippen LogP contribution < -0.4 is 18.9 Å².